The number of nitrogens with two attached hydrogens (primary N) is 1. The lowest BCUT2D eigenvalue weighted by molar-refractivity contribution is 0.463. The van der Waals surface area contributed by atoms with Gasteiger partial charge in [-0.05, 0) is 13.8 Å². The van der Waals surface area contributed by atoms with Crippen LogP contribution in [0.5, 0.6) is 0 Å². The van der Waals surface area contributed by atoms with Crippen LogP contribution in [-0.4, -0.2) is 29.5 Å². The number of thiol groups is 1. The second kappa shape index (κ2) is 3.75. The first-order chi connectivity index (χ1) is 4.76. The molecule has 0 saturated carbocycles. The van der Waals surface area contributed by atoms with Gasteiger partial charge in [0.15, 0.2) is 0 Å². The molecule has 68 valence electrons. The predicted molar refractivity (Wildman–Crippen MR) is 47.4 cm³/mol. The molecule has 6 heteroatoms. The summed E-state index contributed by atoms with van der Waals surface area (Å²) in [6.45, 7) is 3.01. The molecule has 0 radical (unpaired) electrons. The summed E-state index contributed by atoms with van der Waals surface area (Å²) < 4.78 is 29.6. The van der Waals surface area contributed by atoms with Crippen LogP contribution in [0.2, 0.25) is 0 Å². The van der Waals surface area contributed by atoms with E-state index in [1.807, 2.05) is 0 Å². The molecule has 0 aromatic carbocycles. The molecule has 0 aliphatic heterocycles. The zero-order valence-corrected chi connectivity index (χ0v) is 8.14. The van der Waals surface area contributed by atoms with Crippen molar-refractivity contribution in [2.45, 2.75) is 30.4 Å². The van der Waals surface area contributed by atoms with Gasteiger partial charge in [0.1, 0.15) is 0 Å². The molecular weight excluding hydrogens is 186 g/mol. The minimum atomic E-state index is -4.00. The summed E-state index contributed by atoms with van der Waals surface area (Å²) in [5.41, 5.74) is 5.38. The van der Waals surface area contributed by atoms with Crippen molar-refractivity contribution < 1.29 is 13.0 Å². The summed E-state index contributed by atoms with van der Waals surface area (Å²) in [6, 6.07) is -0.366. The highest BCUT2D eigenvalue weighted by Gasteiger charge is 2.27. The summed E-state index contributed by atoms with van der Waals surface area (Å²) in [4.78, 5) is 0. The van der Waals surface area contributed by atoms with E-state index in [0.29, 0.717) is 0 Å². The molecule has 0 bridgehead atoms. The van der Waals surface area contributed by atoms with Gasteiger partial charge < -0.3 is 5.73 Å². The summed E-state index contributed by atoms with van der Waals surface area (Å²) in [5, 5.41) is -1.46. The van der Waals surface area contributed by atoms with Gasteiger partial charge >= 0.3 is 0 Å². The maximum atomic E-state index is 10.5. The third-order valence-electron chi connectivity index (χ3n) is 1.49. The predicted octanol–water partition coefficient (Wildman–Crippen LogP) is -0.0917. The Labute approximate surface area is 72.3 Å². The van der Waals surface area contributed by atoms with Crippen LogP contribution in [-0.2, 0) is 10.1 Å². The monoisotopic (exact) mass is 199 g/mol. The van der Waals surface area contributed by atoms with Crippen LogP contribution >= 0.6 is 12.6 Å². The van der Waals surface area contributed by atoms with Gasteiger partial charge in [-0.25, -0.2) is 0 Å². The fraction of sp³-hybridized carbons (Fsp3) is 1.00. The van der Waals surface area contributed by atoms with E-state index in [1.54, 1.807) is 6.92 Å². The summed E-state index contributed by atoms with van der Waals surface area (Å²) in [7, 11) is -4.00. The maximum Gasteiger partial charge on any atom is 0.268 e. The van der Waals surface area contributed by atoms with Gasteiger partial charge in [-0.1, -0.05) is 0 Å². The van der Waals surface area contributed by atoms with E-state index in [1.165, 1.54) is 6.92 Å². The molecule has 0 aromatic rings. The minimum Gasteiger partial charge on any atom is -0.327 e. The van der Waals surface area contributed by atoms with E-state index in [4.69, 9.17) is 10.3 Å². The Balaban J connectivity index is 4.38. The van der Waals surface area contributed by atoms with Gasteiger partial charge in [-0.15, -0.1) is 0 Å². The lowest BCUT2D eigenvalue weighted by Crippen LogP contribution is -2.39. The average Bonchev–Trinajstić information content (AvgIpc) is 1.82. The van der Waals surface area contributed by atoms with Gasteiger partial charge in [-0.2, -0.15) is 21.0 Å². The molecule has 0 amide bonds. The van der Waals surface area contributed by atoms with E-state index in [2.05, 4.69) is 12.6 Å². The Kier molecular flexibility index (Phi) is 3.83. The van der Waals surface area contributed by atoms with Crippen molar-refractivity contribution >= 4 is 22.7 Å². The first-order valence-electron chi connectivity index (χ1n) is 3.16. The Bertz CT molecular complexity index is 212. The zero-order chi connectivity index (χ0) is 9.23. The van der Waals surface area contributed by atoms with E-state index in [-0.39, 0.29) is 6.04 Å². The van der Waals surface area contributed by atoms with Crippen molar-refractivity contribution in [2.75, 3.05) is 0 Å². The Morgan fingerprint density at radius 1 is 1.45 bits per heavy atom. The Hall–Kier alpha value is 0.220. The van der Waals surface area contributed by atoms with Crippen molar-refractivity contribution in [2.24, 2.45) is 5.73 Å². The van der Waals surface area contributed by atoms with Crippen LogP contribution in [0.1, 0.15) is 13.8 Å². The number of rotatable bonds is 3. The average molecular weight is 199 g/mol. The number of hydrogen-bond acceptors (Lipinski definition) is 4. The van der Waals surface area contributed by atoms with Crippen LogP contribution in [0.15, 0.2) is 0 Å². The second-order valence-electron chi connectivity index (χ2n) is 2.57. The molecule has 11 heavy (non-hydrogen) atoms. The molecule has 0 fully saturated rings. The highest BCUT2D eigenvalue weighted by molar-refractivity contribution is 7.88. The quantitative estimate of drug-likeness (QED) is 0.438. The maximum absolute atomic E-state index is 10.5. The van der Waals surface area contributed by atoms with Crippen molar-refractivity contribution in [3.63, 3.8) is 0 Å². The zero-order valence-electron chi connectivity index (χ0n) is 6.43. The molecule has 0 heterocycles. The largest absolute Gasteiger partial charge is 0.327 e. The van der Waals surface area contributed by atoms with E-state index >= 15 is 0 Å². The molecule has 0 saturated heterocycles. The van der Waals surface area contributed by atoms with E-state index in [0.717, 1.165) is 0 Å². The number of hydrogen-bond donors (Lipinski definition) is 3. The highest BCUT2D eigenvalue weighted by Crippen LogP contribution is 2.12. The SMILES string of the molecule is CC(N)C(S)C(C)S(=O)(=O)O. The highest BCUT2D eigenvalue weighted by atomic mass is 32.2. The molecule has 0 spiro atoms. The second-order valence-corrected chi connectivity index (χ2v) is 4.94. The Morgan fingerprint density at radius 3 is 1.91 bits per heavy atom. The summed E-state index contributed by atoms with van der Waals surface area (Å²) in [5.74, 6) is 0. The van der Waals surface area contributed by atoms with Crippen LogP contribution < -0.4 is 5.73 Å². The smallest absolute Gasteiger partial charge is 0.268 e. The molecule has 0 aliphatic rings. The topological polar surface area (TPSA) is 80.4 Å². The molecular formula is C5H13NO3S2. The van der Waals surface area contributed by atoms with Crippen molar-refractivity contribution in [1.29, 1.82) is 0 Å². The van der Waals surface area contributed by atoms with Gasteiger partial charge in [0, 0.05) is 11.3 Å². The fourth-order valence-corrected chi connectivity index (χ4v) is 1.67. The van der Waals surface area contributed by atoms with Gasteiger partial charge in [0.2, 0.25) is 0 Å². The summed E-state index contributed by atoms with van der Waals surface area (Å²) in [6.07, 6.45) is 0. The van der Waals surface area contributed by atoms with Crippen LogP contribution in [0.25, 0.3) is 0 Å². The van der Waals surface area contributed by atoms with Gasteiger partial charge in [0.05, 0.1) is 5.25 Å². The summed E-state index contributed by atoms with van der Waals surface area (Å²) >= 11 is 3.95. The Morgan fingerprint density at radius 2 is 1.82 bits per heavy atom. The normalized spacial score (nSPS) is 20.8. The fourth-order valence-electron chi connectivity index (χ4n) is 0.604. The molecule has 3 N–H and O–H groups in total. The van der Waals surface area contributed by atoms with Crippen molar-refractivity contribution in [1.82, 2.24) is 0 Å². The molecule has 0 aliphatic carbocycles. The third-order valence-corrected chi connectivity index (χ3v) is 3.84. The molecule has 0 aromatic heterocycles. The van der Waals surface area contributed by atoms with Crippen LogP contribution in [0, 0.1) is 0 Å². The first kappa shape index (κ1) is 11.2. The molecule has 4 nitrogen and oxygen atoms in total. The van der Waals surface area contributed by atoms with Gasteiger partial charge in [-0.3, -0.25) is 4.55 Å². The molecule has 0 rings (SSSR count). The van der Waals surface area contributed by atoms with E-state index < -0.39 is 20.6 Å². The molecule has 3 unspecified atom stereocenters. The molecule has 3 atom stereocenters. The van der Waals surface area contributed by atoms with Crippen LogP contribution in [0.3, 0.4) is 0 Å². The minimum absolute atomic E-state index is 0.366. The van der Waals surface area contributed by atoms with E-state index in [9.17, 15) is 8.42 Å². The lowest BCUT2D eigenvalue weighted by Gasteiger charge is -2.19. The third kappa shape index (κ3) is 3.42. The van der Waals surface area contributed by atoms with Crippen molar-refractivity contribution in [3.8, 4) is 0 Å². The van der Waals surface area contributed by atoms with Gasteiger partial charge in [0.25, 0.3) is 10.1 Å². The van der Waals surface area contributed by atoms with Crippen LogP contribution in [0.4, 0.5) is 0 Å². The first-order valence-corrected chi connectivity index (χ1v) is 5.18. The standard InChI is InChI=1S/C5H13NO3S2/c1-3(6)5(10)4(2)11(7,8)9/h3-5,10H,6H2,1-2H3,(H,7,8,9). The van der Waals surface area contributed by atoms with Crippen molar-refractivity contribution in [3.05, 3.63) is 0 Å². The lowest BCUT2D eigenvalue weighted by atomic mass is 10.2.